The Morgan fingerprint density at radius 1 is 1.32 bits per heavy atom. The van der Waals surface area contributed by atoms with Gasteiger partial charge in [0.25, 0.3) is 5.91 Å². The van der Waals surface area contributed by atoms with Crippen molar-refractivity contribution in [3.8, 4) is 0 Å². The van der Waals surface area contributed by atoms with Gasteiger partial charge in [0.05, 0.1) is 0 Å². The maximum Gasteiger partial charge on any atom is 0.323 e. The first-order chi connectivity index (χ1) is 8.64. The highest BCUT2D eigenvalue weighted by atomic mass is 79.9. The van der Waals surface area contributed by atoms with E-state index in [0.29, 0.717) is 5.56 Å². The molecule has 1 aromatic carbocycles. The summed E-state index contributed by atoms with van der Waals surface area (Å²) in [4.78, 5) is 24.8. The second kappa shape index (κ2) is 5.74. The van der Waals surface area contributed by atoms with Gasteiger partial charge in [-0.2, -0.15) is 0 Å². The topological polar surface area (TPSA) is 57.6 Å². The summed E-state index contributed by atoms with van der Waals surface area (Å²) in [5.74, 6) is -1.29. The molecule has 1 aromatic rings. The van der Waals surface area contributed by atoms with E-state index < -0.39 is 11.5 Å². The number of amides is 1. The van der Waals surface area contributed by atoms with Crippen molar-refractivity contribution in [2.24, 2.45) is 0 Å². The van der Waals surface area contributed by atoms with Crippen molar-refractivity contribution in [1.29, 1.82) is 0 Å². The van der Waals surface area contributed by atoms with E-state index in [9.17, 15) is 9.59 Å². The van der Waals surface area contributed by atoms with Crippen molar-refractivity contribution in [2.45, 2.75) is 33.2 Å². The van der Waals surface area contributed by atoms with Gasteiger partial charge in [-0.05, 0) is 45.4 Å². The Kier molecular flexibility index (Phi) is 4.74. The minimum Gasteiger partial charge on any atom is -0.480 e. The molecule has 0 spiro atoms. The molecule has 5 heteroatoms. The molecule has 1 amide bonds. The van der Waals surface area contributed by atoms with E-state index in [1.165, 1.54) is 4.90 Å². The number of halogens is 1. The SMILES string of the molecule is Cc1c(Br)cccc1C(=O)N(CC(=O)O)C(C)(C)C. The van der Waals surface area contributed by atoms with Gasteiger partial charge in [0.1, 0.15) is 6.54 Å². The number of nitrogens with zero attached hydrogens (tertiary/aromatic N) is 1. The number of hydrogen-bond acceptors (Lipinski definition) is 2. The van der Waals surface area contributed by atoms with E-state index in [1.807, 2.05) is 33.8 Å². The van der Waals surface area contributed by atoms with E-state index in [-0.39, 0.29) is 12.5 Å². The van der Waals surface area contributed by atoms with E-state index >= 15 is 0 Å². The molecular weight excluding hydrogens is 310 g/mol. The van der Waals surface area contributed by atoms with Crippen molar-refractivity contribution in [3.05, 3.63) is 33.8 Å². The van der Waals surface area contributed by atoms with Crippen LogP contribution in [0.4, 0.5) is 0 Å². The maximum atomic E-state index is 12.5. The molecule has 0 aromatic heterocycles. The van der Waals surface area contributed by atoms with Crippen LogP contribution in [-0.4, -0.2) is 34.0 Å². The van der Waals surface area contributed by atoms with Crippen LogP contribution < -0.4 is 0 Å². The van der Waals surface area contributed by atoms with Crippen molar-refractivity contribution in [1.82, 2.24) is 4.90 Å². The molecule has 0 bridgehead atoms. The molecule has 0 saturated carbocycles. The molecule has 0 saturated heterocycles. The summed E-state index contributed by atoms with van der Waals surface area (Å²) in [5.41, 5.74) is 0.780. The lowest BCUT2D eigenvalue weighted by atomic mass is 10.0. The van der Waals surface area contributed by atoms with Crippen LogP contribution in [0.3, 0.4) is 0 Å². The van der Waals surface area contributed by atoms with Gasteiger partial charge in [0.15, 0.2) is 0 Å². The van der Waals surface area contributed by atoms with Crippen LogP contribution in [0.15, 0.2) is 22.7 Å². The molecule has 0 heterocycles. The minimum atomic E-state index is -1.02. The zero-order chi connectivity index (χ0) is 14.8. The lowest BCUT2D eigenvalue weighted by Gasteiger charge is -2.34. The molecular formula is C14H18BrNO3. The van der Waals surface area contributed by atoms with Crippen molar-refractivity contribution in [3.63, 3.8) is 0 Å². The predicted octanol–water partition coefficient (Wildman–Crippen LogP) is 3.08. The number of rotatable bonds is 3. The number of carboxylic acids is 1. The van der Waals surface area contributed by atoms with Crippen LogP contribution in [0.1, 0.15) is 36.7 Å². The zero-order valence-electron chi connectivity index (χ0n) is 11.5. The van der Waals surface area contributed by atoms with Gasteiger partial charge in [0, 0.05) is 15.6 Å². The summed E-state index contributed by atoms with van der Waals surface area (Å²) in [6.45, 7) is 6.98. The summed E-state index contributed by atoms with van der Waals surface area (Å²) in [7, 11) is 0. The Labute approximate surface area is 121 Å². The molecule has 0 unspecified atom stereocenters. The highest BCUT2D eigenvalue weighted by Gasteiger charge is 2.30. The van der Waals surface area contributed by atoms with Gasteiger partial charge in [-0.25, -0.2) is 0 Å². The average molecular weight is 328 g/mol. The normalized spacial score (nSPS) is 11.2. The summed E-state index contributed by atoms with van der Waals surface area (Å²) in [6, 6.07) is 5.33. The lowest BCUT2D eigenvalue weighted by molar-refractivity contribution is -0.138. The summed E-state index contributed by atoms with van der Waals surface area (Å²) < 4.78 is 0.836. The zero-order valence-corrected chi connectivity index (χ0v) is 13.1. The van der Waals surface area contributed by atoms with Crippen LogP contribution >= 0.6 is 15.9 Å². The molecule has 4 nitrogen and oxygen atoms in total. The second-order valence-corrected chi connectivity index (χ2v) is 6.22. The van der Waals surface area contributed by atoms with Crippen LogP contribution in [0.25, 0.3) is 0 Å². The van der Waals surface area contributed by atoms with Crippen molar-refractivity contribution >= 4 is 27.8 Å². The fraction of sp³-hybridized carbons (Fsp3) is 0.429. The molecule has 0 aliphatic heterocycles. The molecule has 0 aliphatic rings. The Hall–Kier alpha value is -1.36. The van der Waals surface area contributed by atoms with E-state index in [4.69, 9.17) is 5.11 Å². The molecule has 1 rings (SSSR count). The van der Waals surface area contributed by atoms with Gasteiger partial charge >= 0.3 is 5.97 Å². The molecule has 0 aliphatic carbocycles. The standard InChI is InChI=1S/C14H18BrNO3/c1-9-10(6-5-7-11(9)15)13(19)16(8-12(17)18)14(2,3)4/h5-7H,8H2,1-4H3,(H,17,18). The average Bonchev–Trinajstić information content (AvgIpc) is 2.27. The first-order valence-corrected chi connectivity index (χ1v) is 6.72. The quantitative estimate of drug-likeness (QED) is 0.928. The van der Waals surface area contributed by atoms with Crippen LogP contribution in [0, 0.1) is 6.92 Å². The van der Waals surface area contributed by atoms with Gasteiger partial charge in [-0.1, -0.05) is 22.0 Å². The number of carbonyl (C=O) groups excluding carboxylic acids is 1. The van der Waals surface area contributed by atoms with Gasteiger partial charge in [0.2, 0.25) is 0 Å². The number of carboxylic acid groups (broad SMARTS) is 1. The fourth-order valence-electron chi connectivity index (χ4n) is 1.73. The smallest absolute Gasteiger partial charge is 0.323 e. The van der Waals surface area contributed by atoms with E-state index in [0.717, 1.165) is 10.0 Å². The molecule has 0 radical (unpaired) electrons. The third-order valence-electron chi connectivity index (χ3n) is 2.85. The summed E-state index contributed by atoms with van der Waals surface area (Å²) >= 11 is 3.38. The third kappa shape index (κ3) is 3.80. The number of carbonyl (C=O) groups is 2. The van der Waals surface area contributed by atoms with Crippen molar-refractivity contribution < 1.29 is 14.7 Å². The molecule has 1 N–H and O–H groups in total. The number of hydrogen-bond donors (Lipinski definition) is 1. The largest absolute Gasteiger partial charge is 0.480 e. The Morgan fingerprint density at radius 3 is 2.37 bits per heavy atom. The summed E-state index contributed by atoms with van der Waals surface area (Å²) in [6.07, 6.45) is 0. The van der Waals surface area contributed by atoms with Crippen LogP contribution in [-0.2, 0) is 4.79 Å². The van der Waals surface area contributed by atoms with Crippen LogP contribution in [0.2, 0.25) is 0 Å². The first kappa shape index (κ1) is 15.7. The third-order valence-corrected chi connectivity index (χ3v) is 3.71. The van der Waals surface area contributed by atoms with Crippen LogP contribution in [0.5, 0.6) is 0 Å². The molecule has 0 fully saturated rings. The van der Waals surface area contributed by atoms with Gasteiger partial charge < -0.3 is 10.0 Å². The number of aliphatic carboxylic acids is 1. The summed E-state index contributed by atoms with van der Waals surface area (Å²) in [5, 5.41) is 8.96. The van der Waals surface area contributed by atoms with Gasteiger partial charge in [-0.15, -0.1) is 0 Å². The Bertz CT molecular complexity index is 506. The van der Waals surface area contributed by atoms with E-state index in [1.54, 1.807) is 12.1 Å². The Balaban J connectivity index is 3.20. The predicted molar refractivity (Wildman–Crippen MR) is 77.3 cm³/mol. The second-order valence-electron chi connectivity index (χ2n) is 5.37. The highest BCUT2D eigenvalue weighted by Crippen LogP contribution is 2.23. The van der Waals surface area contributed by atoms with Crippen molar-refractivity contribution in [2.75, 3.05) is 6.54 Å². The monoisotopic (exact) mass is 327 g/mol. The number of benzene rings is 1. The van der Waals surface area contributed by atoms with E-state index in [2.05, 4.69) is 15.9 Å². The highest BCUT2D eigenvalue weighted by molar-refractivity contribution is 9.10. The maximum absolute atomic E-state index is 12.5. The first-order valence-electron chi connectivity index (χ1n) is 5.93. The fourth-order valence-corrected chi connectivity index (χ4v) is 2.10. The molecule has 19 heavy (non-hydrogen) atoms. The minimum absolute atomic E-state index is 0.270. The van der Waals surface area contributed by atoms with Gasteiger partial charge in [-0.3, -0.25) is 9.59 Å². The molecule has 104 valence electrons. The Morgan fingerprint density at radius 2 is 1.89 bits per heavy atom. The molecule has 0 atom stereocenters. The lowest BCUT2D eigenvalue weighted by Crippen LogP contribution is -2.48.